The first-order valence-electron chi connectivity index (χ1n) is 7.11. The Balaban J connectivity index is 1.94. The van der Waals surface area contributed by atoms with E-state index in [0.717, 1.165) is 18.7 Å². The van der Waals surface area contributed by atoms with Gasteiger partial charge in [0, 0.05) is 10.9 Å². The summed E-state index contributed by atoms with van der Waals surface area (Å²) in [5.74, 6) is 1.57. The first-order chi connectivity index (χ1) is 9.72. The summed E-state index contributed by atoms with van der Waals surface area (Å²) in [7, 11) is 1.73. The summed E-state index contributed by atoms with van der Waals surface area (Å²) in [6.45, 7) is 5.49. The van der Waals surface area contributed by atoms with Crippen LogP contribution in [0.15, 0.2) is 41.8 Å². The SMILES string of the molecule is COc1ccccc1CCNC(c1cccs1)C(C)C. The highest BCUT2D eigenvalue weighted by Gasteiger charge is 2.15. The molecule has 0 amide bonds. The number of hydrogen-bond donors (Lipinski definition) is 1. The molecule has 108 valence electrons. The number of thiophene rings is 1. The number of para-hydroxylation sites is 1. The molecule has 1 N–H and O–H groups in total. The van der Waals surface area contributed by atoms with Crippen molar-refractivity contribution in [3.8, 4) is 5.75 Å². The molecule has 20 heavy (non-hydrogen) atoms. The van der Waals surface area contributed by atoms with Crippen molar-refractivity contribution in [2.24, 2.45) is 5.92 Å². The maximum absolute atomic E-state index is 5.40. The van der Waals surface area contributed by atoms with Crippen LogP contribution in [0.25, 0.3) is 0 Å². The maximum Gasteiger partial charge on any atom is 0.122 e. The molecule has 0 radical (unpaired) electrons. The molecule has 2 aromatic rings. The lowest BCUT2D eigenvalue weighted by Gasteiger charge is -2.21. The Kier molecular flexibility index (Phi) is 5.62. The van der Waals surface area contributed by atoms with Crippen LogP contribution < -0.4 is 10.1 Å². The van der Waals surface area contributed by atoms with Crippen LogP contribution in [-0.4, -0.2) is 13.7 Å². The highest BCUT2D eigenvalue weighted by atomic mass is 32.1. The van der Waals surface area contributed by atoms with Gasteiger partial charge in [0.15, 0.2) is 0 Å². The standard InChI is InChI=1S/C17H23NOS/c1-13(2)17(16-9-6-12-20-16)18-11-10-14-7-4-5-8-15(14)19-3/h4-9,12-13,17-18H,10-11H2,1-3H3. The minimum atomic E-state index is 0.435. The summed E-state index contributed by atoms with van der Waals surface area (Å²) in [5, 5.41) is 5.82. The molecule has 1 aromatic heterocycles. The zero-order valence-electron chi connectivity index (χ0n) is 12.4. The molecule has 3 heteroatoms. The normalized spacial score (nSPS) is 12.6. The zero-order chi connectivity index (χ0) is 14.4. The number of methoxy groups -OCH3 is 1. The number of ether oxygens (including phenoxy) is 1. The van der Waals surface area contributed by atoms with Crippen molar-refractivity contribution in [1.82, 2.24) is 5.32 Å². The Bertz CT molecular complexity index is 507. The largest absolute Gasteiger partial charge is 0.496 e. The van der Waals surface area contributed by atoms with E-state index in [-0.39, 0.29) is 0 Å². The summed E-state index contributed by atoms with van der Waals surface area (Å²) in [6.07, 6.45) is 0.985. The maximum atomic E-state index is 5.40. The second-order valence-corrected chi connectivity index (χ2v) is 6.23. The second-order valence-electron chi connectivity index (χ2n) is 5.25. The van der Waals surface area contributed by atoms with E-state index in [0.29, 0.717) is 12.0 Å². The van der Waals surface area contributed by atoms with Crippen molar-refractivity contribution >= 4 is 11.3 Å². The summed E-state index contributed by atoms with van der Waals surface area (Å²) < 4.78 is 5.40. The topological polar surface area (TPSA) is 21.3 Å². The third-order valence-corrected chi connectivity index (χ3v) is 4.42. The Morgan fingerprint density at radius 2 is 1.95 bits per heavy atom. The molecule has 2 nitrogen and oxygen atoms in total. The fraction of sp³-hybridized carbons (Fsp3) is 0.412. The zero-order valence-corrected chi connectivity index (χ0v) is 13.2. The van der Waals surface area contributed by atoms with E-state index in [9.17, 15) is 0 Å². The molecule has 0 saturated carbocycles. The second kappa shape index (κ2) is 7.46. The highest BCUT2D eigenvalue weighted by molar-refractivity contribution is 7.10. The van der Waals surface area contributed by atoms with Gasteiger partial charge in [0.1, 0.15) is 5.75 Å². The molecule has 2 rings (SSSR count). The van der Waals surface area contributed by atoms with Gasteiger partial charge in [-0.1, -0.05) is 38.1 Å². The lowest BCUT2D eigenvalue weighted by atomic mass is 10.0. The molecule has 1 atom stereocenters. The highest BCUT2D eigenvalue weighted by Crippen LogP contribution is 2.26. The van der Waals surface area contributed by atoms with Gasteiger partial charge in [-0.3, -0.25) is 0 Å². The average Bonchev–Trinajstić information content (AvgIpc) is 2.97. The molecule has 1 unspecified atom stereocenters. The van der Waals surface area contributed by atoms with Crippen molar-refractivity contribution < 1.29 is 4.74 Å². The molecule has 1 aromatic carbocycles. The number of rotatable bonds is 7. The Morgan fingerprint density at radius 3 is 2.60 bits per heavy atom. The van der Waals surface area contributed by atoms with E-state index in [2.05, 4.69) is 48.8 Å². The predicted octanol–water partition coefficient (Wildman–Crippen LogP) is 4.29. The molecule has 0 aliphatic rings. The number of hydrogen-bond acceptors (Lipinski definition) is 3. The third kappa shape index (κ3) is 3.84. The van der Waals surface area contributed by atoms with Gasteiger partial charge in [-0.15, -0.1) is 11.3 Å². The van der Waals surface area contributed by atoms with E-state index in [1.807, 2.05) is 23.5 Å². The van der Waals surface area contributed by atoms with E-state index in [1.165, 1.54) is 10.4 Å². The van der Waals surface area contributed by atoms with Crippen LogP contribution >= 0.6 is 11.3 Å². The smallest absolute Gasteiger partial charge is 0.122 e. The molecule has 0 bridgehead atoms. The van der Waals surface area contributed by atoms with E-state index < -0.39 is 0 Å². The quantitative estimate of drug-likeness (QED) is 0.821. The Morgan fingerprint density at radius 1 is 1.15 bits per heavy atom. The van der Waals surface area contributed by atoms with Gasteiger partial charge in [0.05, 0.1) is 7.11 Å². The van der Waals surface area contributed by atoms with Gasteiger partial charge in [-0.05, 0) is 42.0 Å². The van der Waals surface area contributed by atoms with E-state index in [4.69, 9.17) is 4.74 Å². The summed E-state index contributed by atoms with van der Waals surface area (Å²) in [5.41, 5.74) is 1.26. The van der Waals surface area contributed by atoms with Gasteiger partial charge in [0.2, 0.25) is 0 Å². The van der Waals surface area contributed by atoms with Gasteiger partial charge in [0.25, 0.3) is 0 Å². The van der Waals surface area contributed by atoms with Gasteiger partial charge in [-0.2, -0.15) is 0 Å². The third-order valence-electron chi connectivity index (χ3n) is 3.47. The van der Waals surface area contributed by atoms with Crippen LogP contribution in [0.2, 0.25) is 0 Å². The fourth-order valence-corrected chi connectivity index (χ4v) is 3.38. The van der Waals surface area contributed by atoms with Crippen LogP contribution in [0.4, 0.5) is 0 Å². The lowest BCUT2D eigenvalue weighted by Crippen LogP contribution is -2.27. The van der Waals surface area contributed by atoms with Crippen LogP contribution in [0.5, 0.6) is 5.75 Å². The summed E-state index contributed by atoms with van der Waals surface area (Å²) in [4.78, 5) is 1.42. The van der Waals surface area contributed by atoms with E-state index in [1.54, 1.807) is 7.11 Å². The van der Waals surface area contributed by atoms with Crippen molar-refractivity contribution in [3.63, 3.8) is 0 Å². The first kappa shape index (κ1) is 15.1. The van der Waals surface area contributed by atoms with Crippen molar-refractivity contribution in [3.05, 3.63) is 52.2 Å². The average molecular weight is 289 g/mol. The molecular formula is C17H23NOS. The van der Waals surface area contributed by atoms with Crippen molar-refractivity contribution in [2.45, 2.75) is 26.3 Å². The minimum Gasteiger partial charge on any atom is -0.496 e. The van der Waals surface area contributed by atoms with E-state index >= 15 is 0 Å². The van der Waals surface area contributed by atoms with Gasteiger partial charge < -0.3 is 10.1 Å². The van der Waals surface area contributed by atoms with Crippen LogP contribution in [0, 0.1) is 5.92 Å². The minimum absolute atomic E-state index is 0.435. The Labute approximate surface area is 125 Å². The molecular weight excluding hydrogens is 266 g/mol. The molecule has 0 aliphatic heterocycles. The predicted molar refractivity (Wildman–Crippen MR) is 86.6 cm³/mol. The first-order valence-corrected chi connectivity index (χ1v) is 7.99. The molecule has 1 heterocycles. The van der Waals surface area contributed by atoms with Crippen LogP contribution in [-0.2, 0) is 6.42 Å². The fourth-order valence-electron chi connectivity index (χ4n) is 2.40. The summed E-state index contributed by atoms with van der Waals surface area (Å²) >= 11 is 1.83. The number of nitrogens with one attached hydrogen (secondary N) is 1. The van der Waals surface area contributed by atoms with Crippen LogP contribution in [0.1, 0.15) is 30.3 Å². The molecule has 0 aliphatic carbocycles. The molecule has 0 saturated heterocycles. The Hall–Kier alpha value is -1.32. The van der Waals surface area contributed by atoms with Crippen molar-refractivity contribution in [1.29, 1.82) is 0 Å². The van der Waals surface area contributed by atoms with Crippen molar-refractivity contribution in [2.75, 3.05) is 13.7 Å². The number of benzene rings is 1. The summed E-state index contributed by atoms with van der Waals surface area (Å²) in [6, 6.07) is 13.0. The van der Waals surface area contributed by atoms with Gasteiger partial charge in [-0.25, -0.2) is 0 Å². The molecule has 0 fully saturated rings. The molecule has 0 spiro atoms. The van der Waals surface area contributed by atoms with Crippen LogP contribution in [0.3, 0.4) is 0 Å². The monoisotopic (exact) mass is 289 g/mol. The lowest BCUT2D eigenvalue weighted by molar-refractivity contribution is 0.402. The van der Waals surface area contributed by atoms with Gasteiger partial charge >= 0.3 is 0 Å².